The number of carbonyl (C=O) groups is 4. The van der Waals surface area contributed by atoms with Crippen molar-refractivity contribution in [3.63, 3.8) is 0 Å². The van der Waals surface area contributed by atoms with Gasteiger partial charge in [0.25, 0.3) is 0 Å². The molecule has 3 aromatic rings. The number of carbonyl (C=O) groups excluding carboxylic acids is 4. The molecule has 1 saturated heterocycles. The van der Waals surface area contributed by atoms with Gasteiger partial charge in [0.05, 0.1) is 52.8 Å². The second-order valence-corrected chi connectivity index (χ2v) is 23.3. The minimum Gasteiger partial charge on any atom is -0.492 e. The minimum atomic E-state index is -3.97. The molecule has 0 unspecified atom stereocenters. The van der Waals surface area contributed by atoms with Crippen LogP contribution in [-0.4, -0.2) is 98.5 Å². The molecular weight excluding hydrogens is 881 g/mol. The number of aromatic nitrogens is 4. The van der Waals surface area contributed by atoms with E-state index in [2.05, 4.69) is 21.5 Å². The third kappa shape index (κ3) is 9.88. The summed E-state index contributed by atoms with van der Waals surface area (Å²) in [5.74, 6) is -0.676. The molecule has 2 aromatic heterocycles. The summed E-state index contributed by atoms with van der Waals surface area (Å²) in [6, 6.07) is 6.85. The number of nitrogens with zero attached hydrogens (tertiary/aromatic N) is 5. The van der Waals surface area contributed by atoms with E-state index in [0.717, 1.165) is 92.5 Å². The van der Waals surface area contributed by atoms with Crippen LogP contribution in [0.15, 0.2) is 48.4 Å². The SMILES string of the molecule is C=C[C@@H]1C[C@]1(CC(=O)[C@@H]1C[C@@H]2CN1C(=O)[C@H](C1CCCCC1)CC(=O)O[C@@H]1C[C@H]1CCCCCc1c(nc3ccccc3c1OCCCSc1nncn1C)O2)C(=O)NS(=O)(=O)C1(C)CC1. The average molecular weight is 945 g/mol. The summed E-state index contributed by atoms with van der Waals surface area (Å²) in [6.45, 7) is 6.03. The summed E-state index contributed by atoms with van der Waals surface area (Å²) in [6.07, 6.45) is 13.9. The monoisotopic (exact) mass is 944 g/mol. The van der Waals surface area contributed by atoms with Gasteiger partial charge in [-0.2, -0.15) is 0 Å². The number of ether oxygens (including phenoxy) is 3. The number of esters is 1. The van der Waals surface area contributed by atoms with Crippen LogP contribution in [0.1, 0.15) is 122 Å². The first-order valence-electron chi connectivity index (χ1n) is 24.2. The number of allylic oxidation sites excluding steroid dienone is 1. The molecule has 0 radical (unpaired) electrons. The fourth-order valence-corrected chi connectivity index (χ4v) is 12.8. The summed E-state index contributed by atoms with van der Waals surface area (Å²) in [5.41, 5.74) is 0.231. The number of benzene rings is 1. The lowest BCUT2D eigenvalue weighted by atomic mass is 9.77. The van der Waals surface area contributed by atoms with Crippen LogP contribution in [0.5, 0.6) is 11.6 Å². The van der Waals surface area contributed by atoms with Crippen LogP contribution >= 0.6 is 11.8 Å². The number of fused-ring (bicyclic) bond motifs is 5. The number of thioether (sulfide) groups is 1. The van der Waals surface area contributed by atoms with Gasteiger partial charge >= 0.3 is 5.97 Å². The second-order valence-electron chi connectivity index (χ2n) is 20.1. The predicted molar refractivity (Wildman–Crippen MR) is 248 cm³/mol. The predicted octanol–water partition coefficient (Wildman–Crippen LogP) is 7.06. The lowest BCUT2D eigenvalue weighted by Gasteiger charge is -2.34. The van der Waals surface area contributed by atoms with Gasteiger partial charge in [0.1, 0.15) is 24.3 Å². The number of hydrogen-bond donors (Lipinski definition) is 1. The molecule has 2 bridgehead atoms. The van der Waals surface area contributed by atoms with Crippen molar-refractivity contribution in [1.29, 1.82) is 0 Å². The van der Waals surface area contributed by atoms with Gasteiger partial charge in [0, 0.05) is 31.0 Å². The first-order valence-corrected chi connectivity index (χ1v) is 26.7. The van der Waals surface area contributed by atoms with E-state index in [1.807, 2.05) is 35.9 Å². The zero-order valence-corrected chi connectivity index (χ0v) is 39.9. The van der Waals surface area contributed by atoms with Crippen LogP contribution < -0.4 is 14.2 Å². The quantitative estimate of drug-likeness (QED) is 0.0750. The highest BCUT2D eigenvalue weighted by atomic mass is 32.2. The van der Waals surface area contributed by atoms with E-state index in [1.165, 1.54) is 0 Å². The van der Waals surface area contributed by atoms with Crippen LogP contribution in [0.2, 0.25) is 0 Å². The Morgan fingerprint density at radius 1 is 1.03 bits per heavy atom. The highest BCUT2D eigenvalue weighted by Gasteiger charge is 2.62. The molecule has 2 aliphatic heterocycles. The summed E-state index contributed by atoms with van der Waals surface area (Å²) >= 11 is 1.62. The lowest BCUT2D eigenvalue weighted by molar-refractivity contribution is -0.153. The summed E-state index contributed by atoms with van der Waals surface area (Å²) in [7, 11) is -2.05. The Balaban J connectivity index is 1.03. The molecule has 5 fully saturated rings. The van der Waals surface area contributed by atoms with Crippen molar-refractivity contribution in [2.75, 3.05) is 18.9 Å². The van der Waals surface area contributed by atoms with Gasteiger partial charge in [-0.05, 0) is 101 Å². The van der Waals surface area contributed by atoms with Crippen LogP contribution in [0.25, 0.3) is 10.9 Å². The highest BCUT2D eigenvalue weighted by Crippen LogP contribution is 2.57. The Labute approximate surface area is 392 Å². The molecule has 15 nitrogen and oxygen atoms in total. The molecule has 0 spiro atoms. The Morgan fingerprint density at radius 2 is 1.79 bits per heavy atom. The van der Waals surface area contributed by atoms with Gasteiger partial charge < -0.3 is 23.7 Å². The molecule has 4 heterocycles. The van der Waals surface area contributed by atoms with E-state index in [4.69, 9.17) is 19.2 Å². The van der Waals surface area contributed by atoms with Crippen LogP contribution in [0, 0.1) is 29.1 Å². The van der Waals surface area contributed by atoms with E-state index < -0.39 is 50.1 Å². The standard InChI is InChI=1S/C49H64N6O9S2/c1-4-33-27-49(33,46(59)53-66(60,61)48(2)20-21-48)28-40(56)39-25-34-29-55(39)45(58)37(31-14-7-5-8-15-31)26-42(57)64-41-24-32(41)16-9-6-10-18-36-43(35-17-11-12-19-38(35)51-44(36)63-34)62-22-13-23-65-47-52-50-30-54(47)3/h4,11-12,17,19,30-34,37,39,41H,1,5-10,13-16,18,20-29H2,2-3H3,(H,53,59)/t32-,33-,34-,37+,39+,41-,49-/m1/s1. The number of aryl methyl sites for hydroxylation is 1. The number of nitrogens with one attached hydrogen (secondary N) is 1. The maximum absolute atomic E-state index is 15.2. The molecule has 4 saturated carbocycles. The third-order valence-electron chi connectivity index (χ3n) is 15.3. The summed E-state index contributed by atoms with van der Waals surface area (Å²) in [5, 5.41) is 9.88. The van der Waals surface area contributed by atoms with E-state index in [-0.39, 0.29) is 61.9 Å². The van der Waals surface area contributed by atoms with Crippen molar-refractivity contribution in [1.82, 2.24) is 29.4 Å². The van der Waals surface area contributed by atoms with Crippen molar-refractivity contribution in [3.05, 3.63) is 48.8 Å². The fourth-order valence-electron chi connectivity index (χ4n) is 10.6. The number of hydrogen-bond acceptors (Lipinski definition) is 13. The molecule has 7 atom stereocenters. The molecule has 66 heavy (non-hydrogen) atoms. The molecule has 2 amide bonds. The van der Waals surface area contributed by atoms with Gasteiger partial charge in [-0.3, -0.25) is 23.9 Å². The first-order chi connectivity index (χ1) is 31.8. The number of rotatable bonds is 14. The molecule has 4 aliphatic carbocycles. The molecular formula is C49H64N6O9S2. The lowest BCUT2D eigenvalue weighted by Crippen LogP contribution is -2.48. The second kappa shape index (κ2) is 19.2. The smallest absolute Gasteiger partial charge is 0.306 e. The topological polar surface area (TPSA) is 189 Å². The molecule has 1 aromatic carbocycles. The van der Waals surface area contributed by atoms with E-state index in [1.54, 1.807) is 36.0 Å². The van der Waals surface area contributed by atoms with Crippen molar-refractivity contribution in [3.8, 4) is 11.6 Å². The number of amides is 2. The van der Waals surface area contributed by atoms with E-state index in [9.17, 15) is 22.8 Å². The van der Waals surface area contributed by atoms with Crippen molar-refractivity contribution in [2.24, 2.45) is 36.1 Å². The molecule has 6 aliphatic rings. The van der Waals surface area contributed by atoms with Crippen LogP contribution in [-0.2, 0) is 47.4 Å². The van der Waals surface area contributed by atoms with Crippen LogP contribution in [0.3, 0.4) is 0 Å². The molecule has 17 heteroatoms. The largest absolute Gasteiger partial charge is 0.492 e. The average Bonchev–Trinajstić information content (AvgIpc) is 4.26. The van der Waals surface area contributed by atoms with Crippen LogP contribution in [0.4, 0.5) is 0 Å². The van der Waals surface area contributed by atoms with Gasteiger partial charge in [-0.15, -0.1) is 16.8 Å². The van der Waals surface area contributed by atoms with Gasteiger partial charge in [-0.25, -0.2) is 13.4 Å². The molecule has 356 valence electrons. The normalized spacial score (nSPS) is 29.0. The minimum absolute atomic E-state index is 0.0536. The Hall–Kier alpha value is -4.51. The van der Waals surface area contributed by atoms with Crippen molar-refractivity contribution < 1.29 is 41.8 Å². The Kier molecular flexibility index (Phi) is 13.6. The van der Waals surface area contributed by atoms with Crippen molar-refractivity contribution in [2.45, 2.75) is 151 Å². The van der Waals surface area contributed by atoms with Gasteiger partial charge in [0.15, 0.2) is 10.9 Å². The number of para-hydroxylation sites is 1. The number of ketones is 1. The van der Waals surface area contributed by atoms with E-state index >= 15 is 4.79 Å². The van der Waals surface area contributed by atoms with Gasteiger partial charge in [-0.1, -0.05) is 62.1 Å². The molecule has 9 rings (SSSR count). The zero-order valence-electron chi connectivity index (χ0n) is 38.3. The maximum Gasteiger partial charge on any atom is 0.306 e. The number of pyridine rings is 1. The summed E-state index contributed by atoms with van der Waals surface area (Å²) in [4.78, 5) is 64.5. The molecule has 1 N–H and O–H groups in total. The maximum atomic E-state index is 15.2. The fraction of sp³-hybridized carbons (Fsp3) is 0.653. The van der Waals surface area contributed by atoms with Crippen molar-refractivity contribution >= 4 is 56.3 Å². The summed E-state index contributed by atoms with van der Waals surface area (Å²) < 4.78 is 49.4. The highest BCUT2D eigenvalue weighted by molar-refractivity contribution is 7.99. The number of sulfonamides is 1. The Bertz CT molecular complexity index is 2450. The van der Waals surface area contributed by atoms with Gasteiger partial charge in [0.2, 0.25) is 27.7 Å². The third-order valence-corrected chi connectivity index (χ3v) is 18.6. The zero-order chi connectivity index (χ0) is 46.2. The number of Topliss-reactive ketones (excluding diaryl/α,β-unsaturated/α-hetero) is 1. The Morgan fingerprint density at radius 3 is 2.52 bits per heavy atom. The first kappa shape index (κ1) is 46.6. The van der Waals surface area contributed by atoms with E-state index in [0.29, 0.717) is 48.9 Å².